The average molecular weight is 485 g/mol. The number of carbonyl (C=O) groups excluding carboxylic acids is 1. The lowest BCUT2D eigenvalue weighted by atomic mass is 10.2. The largest absolute Gasteiger partial charge is 0.382 e. The third kappa shape index (κ3) is 7.59. The van der Waals surface area contributed by atoms with Crippen LogP contribution >= 0.6 is 11.6 Å². The smallest absolute Gasteiger partial charge is 0.273 e. The molecule has 176 valence electrons. The van der Waals surface area contributed by atoms with Crippen LogP contribution in [0.4, 0.5) is 11.6 Å². The molecule has 0 bridgehead atoms. The Kier molecular flexibility index (Phi) is 8.79. The van der Waals surface area contributed by atoms with Gasteiger partial charge in [0, 0.05) is 6.54 Å². The van der Waals surface area contributed by atoms with Crippen molar-refractivity contribution in [2.24, 2.45) is 0 Å². The molecule has 0 radical (unpaired) electrons. The molecule has 0 saturated carbocycles. The maximum absolute atomic E-state index is 12.3. The number of hydrogen-bond donors (Lipinski definition) is 4. The molecule has 1 aromatic carbocycles. The molecule has 32 heavy (non-hydrogen) atoms. The van der Waals surface area contributed by atoms with Crippen molar-refractivity contribution < 1.29 is 17.7 Å². The summed E-state index contributed by atoms with van der Waals surface area (Å²) in [6, 6.07) is 6.75. The van der Waals surface area contributed by atoms with Crippen LogP contribution in [0.5, 0.6) is 0 Å². The van der Waals surface area contributed by atoms with E-state index in [9.17, 15) is 13.2 Å². The number of carbonyl (C=O) groups is 1. The van der Waals surface area contributed by atoms with E-state index < -0.39 is 15.9 Å². The van der Waals surface area contributed by atoms with Crippen LogP contribution in [0.25, 0.3) is 0 Å². The molecule has 12 heteroatoms. The zero-order valence-electron chi connectivity index (χ0n) is 18.6. The second-order valence-corrected chi connectivity index (χ2v) is 10.3. The Morgan fingerprint density at radius 2 is 1.69 bits per heavy atom. The van der Waals surface area contributed by atoms with Crippen LogP contribution < -0.4 is 21.5 Å². The highest BCUT2D eigenvalue weighted by molar-refractivity contribution is 7.89. The van der Waals surface area contributed by atoms with Gasteiger partial charge >= 0.3 is 0 Å². The van der Waals surface area contributed by atoms with Crippen LogP contribution in [0.1, 0.15) is 28.9 Å². The first-order valence-electron chi connectivity index (χ1n) is 10.2. The van der Waals surface area contributed by atoms with E-state index in [-0.39, 0.29) is 27.4 Å². The minimum atomic E-state index is -3.49. The summed E-state index contributed by atoms with van der Waals surface area (Å²) in [5.74, 6) is -0.576. The molecular formula is C20H31ClN7O3S+. The van der Waals surface area contributed by atoms with Crippen molar-refractivity contribution in [2.45, 2.75) is 24.7 Å². The van der Waals surface area contributed by atoms with Crippen molar-refractivity contribution in [3.63, 3.8) is 0 Å². The number of likely N-dealkylation sites (N-methyl/N-ethyl adjacent to an activating group) is 1. The van der Waals surface area contributed by atoms with Crippen molar-refractivity contribution in [3.05, 3.63) is 40.7 Å². The molecule has 2 rings (SSSR count). The van der Waals surface area contributed by atoms with E-state index in [1.54, 1.807) is 24.3 Å². The Morgan fingerprint density at radius 3 is 2.34 bits per heavy atom. The predicted octanol–water partition coefficient (Wildman–Crippen LogP) is 1.17. The summed E-state index contributed by atoms with van der Waals surface area (Å²) >= 11 is 5.81. The molecule has 1 aromatic heterocycles. The van der Waals surface area contributed by atoms with E-state index in [1.165, 1.54) is 0 Å². The molecule has 1 amide bonds. The number of nitrogens with two attached hydrogens (primary N) is 2. The fourth-order valence-electron chi connectivity index (χ4n) is 2.95. The summed E-state index contributed by atoms with van der Waals surface area (Å²) in [7, 11) is 0.584. The monoisotopic (exact) mass is 484 g/mol. The topological polar surface area (TPSA) is 153 Å². The number of unbranched alkanes of at least 4 members (excludes halogenated alkanes) is 1. The number of rotatable bonds is 11. The van der Waals surface area contributed by atoms with Gasteiger partial charge in [-0.15, -0.1) is 0 Å². The lowest BCUT2D eigenvalue weighted by Gasteiger charge is -2.30. The summed E-state index contributed by atoms with van der Waals surface area (Å²) in [6.45, 7) is 4.15. The van der Waals surface area contributed by atoms with Gasteiger partial charge in [-0.1, -0.05) is 29.3 Å². The molecule has 0 unspecified atom stereocenters. The van der Waals surface area contributed by atoms with Crippen molar-refractivity contribution in [1.29, 1.82) is 0 Å². The van der Waals surface area contributed by atoms with Gasteiger partial charge in [0.2, 0.25) is 10.0 Å². The van der Waals surface area contributed by atoms with Crippen molar-refractivity contribution in [3.8, 4) is 0 Å². The number of sulfonamides is 1. The maximum Gasteiger partial charge on any atom is 0.273 e. The van der Waals surface area contributed by atoms with Crippen LogP contribution in [0.15, 0.2) is 29.2 Å². The number of anilines is 2. The average Bonchev–Trinajstić information content (AvgIpc) is 2.70. The minimum Gasteiger partial charge on any atom is -0.382 e. The highest BCUT2D eigenvalue weighted by atomic mass is 35.5. The first-order valence-corrected chi connectivity index (χ1v) is 12.0. The second-order valence-electron chi connectivity index (χ2n) is 8.19. The van der Waals surface area contributed by atoms with Crippen LogP contribution in [-0.4, -0.2) is 69.1 Å². The van der Waals surface area contributed by atoms with Gasteiger partial charge in [-0.25, -0.2) is 23.1 Å². The molecule has 0 fully saturated rings. The number of aromatic nitrogens is 2. The van der Waals surface area contributed by atoms with Gasteiger partial charge in [0.25, 0.3) is 5.91 Å². The number of nitrogens with one attached hydrogen (secondary N) is 2. The van der Waals surface area contributed by atoms with Gasteiger partial charge in [-0.2, -0.15) is 0 Å². The summed E-state index contributed by atoms with van der Waals surface area (Å²) in [6.07, 6.45) is 1.53. The molecular weight excluding hydrogens is 454 g/mol. The SMILES string of the molecule is Cc1ccc(S(=O)(=O)NCCCC[N+](C)(C)CCNC(=O)c2nc(Cl)c(N)nc2N)cc1. The Hall–Kier alpha value is -2.47. The van der Waals surface area contributed by atoms with Crippen LogP contribution in [0.2, 0.25) is 5.15 Å². The van der Waals surface area contributed by atoms with E-state index in [0.717, 1.165) is 18.5 Å². The maximum atomic E-state index is 12.3. The third-order valence-corrected chi connectivity index (χ3v) is 6.69. The summed E-state index contributed by atoms with van der Waals surface area (Å²) in [5, 5.41) is 2.69. The van der Waals surface area contributed by atoms with Crippen LogP contribution in [0, 0.1) is 6.92 Å². The number of aryl methyl sites for hydroxylation is 1. The Balaban J connectivity index is 1.72. The Labute approximate surface area is 194 Å². The number of benzene rings is 1. The normalized spacial score (nSPS) is 12.0. The Morgan fingerprint density at radius 1 is 1.03 bits per heavy atom. The number of amides is 1. The number of nitrogens with zero attached hydrogens (tertiary/aromatic N) is 3. The van der Waals surface area contributed by atoms with Gasteiger partial charge in [-0.05, 0) is 31.9 Å². The van der Waals surface area contributed by atoms with E-state index in [0.29, 0.717) is 30.5 Å². The van der Waals surface area contributed by atoms with E-state index in [2.05, 4.69) is 20.0 Å². The number of hydrogen-bond acceptors (Lipinski definition) is 7. The third-order valence-electron chi connectivity index (χ3n) is 4.94. The van der Waals surface area contributed by atoms with Gasteiger partial charge in [0.1, 0.15) is 0 Å². The fourth-order valence-corrected chi connectivity index (χ4v) is 4.15. The highest BCUT2D eigenvalue weighted by Crippen LogP contribution is 2.17. The number of nitrogen functional groups attached to an aromatic ring is 2. The van der Waals surface area contributed by atoms with Crippen molar-refractivity contribution >= 4 is 39.2 Å². The lowest BCUT2D eigenvalue weighted by Crippen LogP contribution is -2.46. The molecule has 0 aliphatic rings. The van der Waals surface area contributed by atoms with Crippen molar-refractivity contribution in [1.82, 2.24) is 20.0 Å². The molecule has 1 heterocycles. The van der Waals surface area contributed by atoms with E-state index in [1.807, 2.05) is 21.0 Å². The molecule has 0 aliphatic carbocycles. The fraction of sp³-hybridized carbons (Fsp3) is 0.450. The minimum absolute atomic E-state index is 0.0281. The zero-order valence-corrected chi connectivity index (χ0v) is 20.1. The predicted molar refractivity (Wildman–Crippen MR) is 126 cm³/mol. The summed E-state index contributed by atoms with van der Waals surface area (Å²) in [5.41, 5.74) is 12.2. The van der Waals surface area contributed by atoms with Gasteiger partial charge in [-0.3, -0.25) is 4.79 Å². The lowest BCUT2D eigenvalue weighted by molar-refractivity contribution is -0.889. The van der Waals surface area contributed by atoms with E-state index >= 15 is 0 Å². The molecule has 0 aliphatic heterocycles. The first kappa shape index (κ1) is 25.8. The number of quaternary nitrogens is 1. The van der Waals surface area contributed by atoms with E-state index in [4.69, 9.17) is 23.1 Å². The van der Waals surface area contributed by atoms with Gasteiger partial charge in [0.15, 0.2) is 22.5 Å². The molecule has 2 aromatic rings. The Bertz CT molecular complexity index is 1040. The molecule has 6 N–H and O–H groups in total. The van der Waals surface area contributed by atoms with Crippen molar-refractivity contribution in [2.75, 3.05) is 51.7 Å². The van der Waals surface area contributed by atoms with Crippen LogP contribution in [0.3, 0.4) is 0 Å². The molecule has 10 nitrogen and oxygen atoms in total. The summed E-state index contributed by atoms with van der Waals surface area (Å²) < 4.78 is 27.9. The van der Waals surface area contributed by atoms with Gasteiger partial charge in [0.05, 0.1) is 38.6 Å². The molecule has 0 spiro atoms. The zero-order chi connectivity index (χ0) is 23.9. The standard InChI is InChI=1S/C20H30ClN7O3S/c1-14-6-8-15(9-7-14)32(30,31)25-10-4-5-12-28(2,3)13-11-24-20(29)16-18(22)27-19(23)17(21)26-16/h6-9,25H,4-5,10-13H2,1-3H3,(H4-,22,23,24,27,29)/p+1. The molecule has 0 atom stereocenters. The highest BCUT2D eigenvalue weighted by Gasteiger charge is 2.19. The molecule has 0 saturated heterocycles. The second kappa shape index (κ2) is 10.9. The number of halogens is 1. The quantitative estimate of drug-likeness (QED) is 0.275. The van der Waals surface area contributed by atoms with Gasteiger partial charge < -0.3 is 21.3 Å². The van der Waals surface area contributed by atoms with Crippen LogP contribution in [-0.2, 0) is 10.0 Å². The first-order chi connectivity index (χ1) is 14.9. The summed E-state index contributed by atoms with van der Waals surface area (Å²) in [4.78, 5) is 20.2.